The van der Waals surface area contributed by atoms with E-state index >= 15 is 0 Å². The summed E-state index contributed by atoms with van der Waals surface area (Å²) in [4.78, 5) is 2.73. The zero-order chi connectivity index (χ0) is 14.3. The smallest absolute Gasteiger partial charge is 0.0337 e. The van der Waals surface area contributed by atoms with Crippen LogP contribution in [0.15, 0.2) is 0 Å². The first-order valence-corrected chi connectivity index (χ1v) is 8.23. The summed E-state index contributed by atoms with van der Waals surface area (Å²) >= 11 is 0. The molecule has 2 aliphatic rings. The average Bonchev–Trinajstić information content (AvgIpc) is 2.27. The predicted molar refractivity (Wildman–Crippen MR) is 83.1 cm³/mol. The second-order valence-electron chi connectivity index (χ2n) is 8.47. The molecule has 2 heteroatoms. The van der Waals surface area contributed by atoms with E-state index in [2.05, 4.69) is 39.5 Å². The minimum Gasteiger partial charge on any atom is -0.329 e. The Morgan fingerprint density at radius 1 is 1.16 bits per heavy atom. The molecule has 0 aromatic rings. The first kappa shape index (κ1) is 15.3. The van der Waals surface area contributed by atoms with E-state index in [0.717, 1.165) is 24.3 Å². The van der Waals surface area contributed by atoms with Gasteiger partial charge in [-0.05, 0) is 61.9 Å². The molecule has 1 saturated carbocycles. The molecule has 1 saturated heterocycles. The molecular formula is C17H34N2. The van der Waals surface area contributed by atoms with Crippen molar-refractivity contribution in [2.45, 2.75) is 65.8 Å². The summed E-state index contributed by atoms with van der Waals surface area (Å²) in [7, 11) is 0. The normalized spacial score (nSPS) is 34.6. The van der Waals surface area contributed by atoms with Gasteiger partial charge in [-0.15, -0.1) is 0 Å². The first-order chi connectivity index (χ1) is 8.78. The van der Waals surface area contributed by atoms with Crippen molar-refractivity contribution in [3.63, 3.8) is 0 Å². The summed E-state index contributed by atoms with van der Waals surface area (Å²) in [5.41, 5.74) is 6.97. The molecule has 0 amide bonds. The zero-order valence-electron chi connectivity index (χ0n) is 13.7. The minimum atomic E-state index is 0.359. The lowest BCUT2D eigenvalue weighted by atomic mass is 9.62. The maximum Gasteiger partial charge on any atom is 0.0337 e. The van der Waals surface area contributed by atoms with Gasteiger partial charge in [-0.1, -0.05) is 34.6 Å². The van der Waals surface area contributed by atoms with Gasteiger partial charge in [0.1, 0.15) is 0 Å². The molecule has 2 rings (SSSR count). The second-order valence-corrected chi connectivity index (χ2v) is 8.47. The van der Waals surface area contributed by atoms with Crippen LogP contribution in [0.1, 0.15) is 60.3 Å². The fraction of sp³-hybridized carbons (Fsp3) is 1.00. The molecule has 0 unspecified atom stereocenters. The minimum absolute atomic E-state index is 0.359. The molecule has 1 aliphatic carbocycles. The third-order valence-electron chi connectivity index (χ3n) is 6.00. The second kappa shape index (κ2) is 5.37. The van der Waals surface area contributed by atoms with E-state index in [1.807, 2.05) is 0 Å². The maximum atomic E-state index is 6.14. The number of nitrogens with zero attached hydrogens (tertiary/aromatic N) is 1. The van der Waals surface area contributed by atoms with Gasteiger partial charge >= 0.3 is 0 Å². The lowest BCUT2D eigenvalue weighted by Crippen LogP contribution is -2.64. The van der Waals surface area contributed by atoms with Crippen molar-refractivity contribution in [3.8, 4) is 0 Å². The van der Waals surface area contributed by atoms with Crippen LogP contribution in [0.5, 0.6) is 0 Å². The van der Waals surface area contributed by atoms with Crippen LogP contribution in [0.4, 0.5) is 0 Å². The predicted octanol–water partition coefficient (Wildman–Crippen LogP) is 3.51. The highest BCUT2D eigenvalue weighted by molar-refractivity contribution is 5.05. The summed E-state index contributed by atoms with van der Waals surface area (Å²) in [6, 6.07) is 0. The Bertz CT molecular complexity index is 289. The Balaban J connectivity index is 1.90. The molecule has 2 N–H and O–H groups in total. The molecule has 0 radical (unpaired) electrons. The van der Waals surface area contributed by atoms with E-state index in [1.54, 1.807) is 0 Å². The van der Waals surface area contributed by atoms with Crippen molar-refractivity contribution < 1.29 is 0 Å². The van der Waals surface area contributed by atoms with Gasteiger partial charge in [-0.3, -0.25) is 4.90 Å². The number of hydrogen-bond acceptors (Lipinski definition) is 2. The lowest BCUT2D eigenvalue weighted by molar-refractivity contribution is -0.0590. The third-order valence-corrected chi connectivity index (χ3v) is 6.00. The van der Waals surface area contributed by atoms with Gasteiger partial charge < -0.3 is 5.73 Å². The van der Waals surface area contributed by atoms with Crippen LogP contribution in [-0.4, -0.2) is 30.1 Å². The number of likely N-dealkylation sites (tertiary alicyclic amines) is 1. The standard InChI is InChI=1S/C17H34N2/c1-13(2)14-10-17(11-14,12-18)19-8-6-15(7-9-19)16(3,4)5/h13-15H,6-12,18H2,1-5H3. The molecule has 0 spiro atoms. The Morgan fingerprint density at radius 3 is 2.05 bits per heavy atom. The quantitative estimate of drug-likeness (QED) is 0.847. The van der Waals surface area contributed by atoms with Gasteiger partial charge in [0.2, 0.25) is 0 Å². The molecule has 19 heavy (non-hydrogen) atoms. The maximum absolute atomic E-state index is 6.14. The molecular weight excluding hydrogens is 232 g/mol. The zero-order valence-corrected chi connectivity index (χ0v) is 13.7. The number of rotatable bonds is 3. The van der Waals surface area contributed by atoms with Gasteiger partial charge in [0.05, 0.1) is 0 Å². The third kappa shape index (κ3) is 3.00. The molecule has 2 fully saturated rings. The summed E-state index contributed by atoms with van der Waals surface area (Å²) in [6.45, 7) is 15.3. The van der Waals surface area contributed by atoms with E-state index < -0.39 is 0 Å². The first-order valence-electron chi connectivity index (χ1n) is 8.23. The van der Waals surface area contributed by atoms with Crippen molar-refractivity contribution in [2.75, 3.05) is 19.6 Å². The summed E-state index contributed by atoms with van der Waals surface area (Å²) in [5.74, 6) is 2.62. The molecule has 1 aliphatic heterocycles. The van der Waals surface area contributed by atoms with Crippen LogP contribution < -0.4 is 5.73 Å². The van der Waals surface area contributed by atoms with Crippen LogP contribution in [0.3, 0.4) is 0 Å². The molecule has 112 valence electrons. The monoisotopic (exact) mass is 266 g/mol. The Kier molecular flexibility index (Phi) is 4.32. The molecule has 0 aromatic heterocycles. The fourth-order valence-electron chi connectivity index (χ4n) is 4.16. The van der Waals surface area contributed by atoms with Crippen molar-refractivity contribution in [1.82, 2.24) is 4.90 Å². The largest absolute Gasteiger partial charge is 0.329 e. The SMILES string of the molecule is CC(C)C1CC(CN)(N2CCC(C(C)(C)C)CC2)C1. The highest BCUT2D eigenvalue weighted by Gasteiger charge is 2.49. The van der Waals surface area contributed by atoms with E-state index in [-0.39, 0.29) is 0 Å². The summed E-state index contributed by atoms with van der Waals surface area (Å²) in [5, 5.41) is 0. The summed E-state index contributed by atoms with van der Waals surface area (Å²) in [6.07, 6.45) is 5.39. The molecule has 2 nitrogen and oxygen atoms in total. The van der Waals surface area contributed by atoms with Crippen molar-refractivity contribution in [1.29, 1.82) is 0 Å². The average molecular weight is 266 g/mol. The van der Waals surface area contributed by atoms with Crippen molar-refractivity contribution in [3.05, 3.63) is 0 Å². The van der Waals surface area contributed by atoms with Crippen molar-refractivity contribution in [2.24, 2.45) is 28.9 Å². The van der Waals surface area contributed by atoms with E-state index in [9.17, 15) is 0 Å². The number of piperidine rings is 1. The Hall–Kier alpha value is -0.0800. The molecule has 0 bridgehead atoms. The number of nitrogens with two attached hydrogens (primary N) is 1. The van der Waals surface area contributed by atoms with Crippen LogP contribution >= 0.6 is 0 Å². The molecule has 0 atom stereocenters. The van der Waals surface area contributed by atoms with Gasteiger partial charge in [0.25, 0.3) is 0 Å². The van der Waals surface area contributed by atoms with Crippen LogP contribution in [0.2, 0.25) is 0 Å². The van der Waals surface area contributed by atoms with E-state index in [0.29, 0.717) is 11.0 Å². The molecule has 1 heterocycles. The van der Waals surface area contributed by atoms with Crippen molar-refractivity contribution >= 4 is 0 Å². The van der Waals surface area contributed by atoms with Gasteiger partial charge in [0.15, 0.2) is 0 Å². The van der Waals surface area contributed by atoms with Crippen LogP contribution in [-0.2, 0) is 0 Å². The van der Waals surface area contributed by atoms with Gasteiger partial charge in [-0.2, -0.15) is 0 Å². The summed E-state index contributed by atoms with van der Waals surface area (Å²) < 4.78 is 0. The highest BCUT2D eigenvalue weighted by Crippen LogP contribution is 2.47. The molecule has 0 aromatic carbocycles. The van der Waals surface area contributed by atoms with E-state index in [1.165, 1.54) is 38.8 Å². The van der Waals surface area contributed by atoms with Crippen LogP contribution in [0.25, 0.3) is 0 Å². The Labute approximate surface area is 120 Å². The highest BCUT2D eigenvalue weighted by atomic mass is 15.2. The van der Waals surface area contributed by atoms with Gasteiger partial charge in [0, 0.05) is 12.1 Å². The fourth-order valence-corrected chi connectivity index (χ4v) is 4.16. The van der Waals surface area contributed by atoms with Crippen LogP contribution in [0, 0.1) is 23.2 Å². The topological polar surface area (TPSA) is 29.3 Å². The van der Waals surface area contributed by atoms with Gasteiger partial charge in [-0.25, -0.2) is 0 Å². The lowest BCUT2D eigenvalue weighted by Gasteiger charge is -2.57. The number of hydrogen-bond donors (Lipinski definition) is 1. The van der Waals surface area contributed by atoms with E-state index in [4.69, 9.17) is 5.73 Å². The Morgan fingerprint density at radius 2 is 1.68 bits per heavy atom.